The van der Waals surface area contributed by atoms with E-state index in [1.807, 2.05) is 13.0 Å². The number of carboxylic acids is 1. The largest absolute Gasteiger partial charge is 0.478 e. The van der Waals surface area contributed by atoms with Gasteiger partial charge in [0.15, 0.2) is 0 Å². The van der Waals surface area contributed by atoms with Crippen LogP contribution in [0.5, 0.6) is 0 Å². The Bertz CT molecular complexity index is 491. The number of aryl methyl sites for hydroxylation is 1. The van der Waals surface area contributed by atoms with Gasteiger partial charge in [-0.15, -0.1) is 0 Å². The Morgan fingerprint density at radius 2 is 2.22 bits per heavy atom. The van der Waals surface area contributed by atoms with E-state index in [1.54, 1.807) is 12.1 Å². The van der Waals surface area contributed by atoms with Gasteiger partial charge in [-0.05, 0) is 48.7 Å². The fourth-order valence-corrected chi connectivity index (χ4v) is 2.40. The van der Waals surface area contributed by atoms with Gasteiger partial charge in [0.1, 0.15) is 0 Å². The molecule has 3 heteroatoms. The maximum Gasteiger partial charge on any atom is 0.335 e. The predicted octanol–water partition coefficient (Wildman–Crippen LogP) is 2.80. The summed E-state index contributed by atoms with van der Waals surface area (Å²) in [6, 6.07) is 5.38. The van der Waals surface area contributed by atoms with Crippen molar-refractivity contribution in [2.45, 2.75) is 20.3 Å². The van der Waals surface area contributed by atoms with Crippen LogP contribution in [0.4, 0.5) is 0 Å². The Morgan fingerprint density at radius 3 is 2.72 bits per heavy atom. The number of hydrogen-bond donors (Lipinski definition) is 1. The zero-order chi connectivity index (χ0) is 13.1. The first-order chi connectivity index (χ1) is 8.61. The van der Waals surface area contributed by atoms with Crippen LogP contribution in [-0.4, -0.2) is 35.6 Å². The summed E-state index contributed by atoms with van der Waals surface area (Å²) < 4.78 is 0. The van der Waals surface area contributed by atoms with E-state index in [2.05, 4.69) is 17.9 Å². The van der Waals surface area contributed by atoms with Gasteiger partial charge in [-0.25, -0.2) is 4.79 Å². The zero-order valence-corrected chi connectivity index (χ0v) is 10.9. The highest BCUT2D eigenvalue weighted by molar-refractivity contribution is 5.88. The molecule has 1 aromatic rings. The van der Waals surface area contributed by atoms with Crippen LogP contribution in [0.3, 0.4) is 0 Å². The van der Waals surface area contributed by atoms with Gasteiger partial charge < -0.3 is 5.11 Å². The van der Waals surface area contributed by atoms with Gasteiger partial charge in [0.25, 0.3) is 0 Å². The lowest BCUT2D eigenvalue weighted by molar-refractivity contribution is 0.0697. The summed E-state index contributed by atoms with van der Waals surface area (Å²) in [4.78, 5) is 13.3. The Kier molecular flexibility index (Phi) is 3.82. The summed E-state index contributed by atoms with van der Waals surface area (Å²) in [5.41, 5.74) is 3.94. The van der Waals surface area contributed by atoms with E-state index in [0.717, 1.165) is 31.6 Å². The highest BCUT2D eigenvalue weighted by Crippen LogP contribution is 2.25. The number of carbonyl (C=O) groups is 1. The number of hydrogen-bond acceptors (Lipinski definition) is 2. The third-order valence-corrected chi connectivity index (χ3v) is 3.56. The van der Waals surface area contributed by atoms with E-state index in [1.165, 1.54) is 11.1 Å². The fourth-order valence-electron chi connectivity index (χ4n) is 2.40. The maximum atomic E-state index is 10.9. The number of rotatable bonds is 3. The summed E-state index contributed by atoms with van der Waals surface area (Å²) in [7, 11) is 0. The van der Waals surface area contributed by atoms with Gasteiger partial charge in [0.2, 0.25) is 0 Å². The van der Waals surface area contributed by atoms with Crippen molar-refractivity contribution in [1.29, 1.82) is 0 Å². The molecule has 0 amide bonds. The van der Waals surface area contributed by atoms with Crippen LogP contribution < -0.4 is 0 Å². The van der Waals surface area contributed by atoms with E-state index >= 15 is 0 Å². The van der Waals surface area contributed by atoms with Gasteiger partial charge in [0, 0.05) is 13.1 Å². The lowest BCUT2D eigenvalue weighted by Gasteiger charge is -2.25. The van der Waals surface area contributed by atoms with Gasteiger partial charge >= 0.3 is 5.97 Å². The van der Waals surface area contributed by atoms with Crippen molar-refractivity contribution >= 4 is 11.5 Å². The van der Waals surface area contributed by atoms with E-state index in [4.69, 9.17) is 5.11 Å². The number of likely N-dealkylation sites (N-methyl/N-ethyl adjacent to an activating group) is 1. The molecule has 0 atom stereocenters. The van der Waals surface area contributed by atoms with Crippen LogP contribution in [0.25, 0.3) is 5.57 Å². The van der Waals surface area contributed by atoms with Gasteiger partial charge in [0.05, 0.1) is 5.56 Å². The molecule has 18 heavy (non-hydrogen) atoms. The van der Waals surface area contributed by atoms with Gasteiger partial charge in [-0.1, -0.05) is 19.1 Å². The molecule has 0 radical (unpaired) electrons. The van der Waals surface area contributed by atoms with Crippen LogP contribution in [-0.2, 0) is 0 Å². The lowest BCUT2D eigenvalue weighted by Crippen LogP contribution is -2.28. The monoisotopic (exact) mass is 245 g/mol. The number of benzene rings is 1. The third-order valence-electron chi connectivity index (χ3n) is 3.56. The van der Waals surface area contributed by atoms with Crippen molar-refractivity contribution in [3.05, 3.63) is 41.0 Å². The fraction of sp³-hybridized carbons (Fsp3) is 0.400. The Balaban J connectivity index is 2.24. The van der Waals surface area contributed by atoms with E-state index < -0.39 is 5.97 Å². The second-order valence-electron chi connectivity index (χ2n) is 4.71. The molecule has 1 N–H and O–H groups in total. The van der Waals surface area contributed by atoms with Crippen molar-refractivity contribution in [3.63, 3.8) is 0 Å². The molecular weight excluding hydrogens is 226 g/mol. The summed E-state index contributed by atoms with van der Waals surface area (Å²) >= 11 is 0. The minimum atomic E-state index is -0.862. The Labute approximate surface area is 108 Å². The first-order valence-electron chi connectivity index (χ1n) is 6.37. The number of carboxylic acid groups (broad SMARTS) is 1. The number of nitrogens with zero attached hydrogens (tertiary/aromatic N) is 1. The standard InChI is InChI=1S/C15H19NO2/c1-3-16-8-6-12(7-9-16)14-5-4-13(15(17)18)10-11(14)2/h4-6,10H,3,7-9H2,1-2H3,(H,17,18). The molecule has 96 valence electrons. The molecule has 1 aliphatic rings. The quantitative estimate of drug-likeness (QED) is 0.890. The van der Waals surface area contributed by atoms with Crippen LogP contribution in [0.2, 0.25) is 0 Å². The predicted molar refractivity (Wildman–Crippen MR) is 72.8 cm³/mol. The first-order valence-corrected chi connectivity index (χ1v) is 6.37. The van der Waals surface area contributed by atoms with Crippen LogP contribution in [0.15, 0.2) is 24.3 Å². The SMILES string of the molecule is CCN1CC=C(c2ccc(C(=O)O)cc2C)CC1. The van der Waals surface area contributed by atoms with Crippen LogP contribution in [0.1, 0.15) is 34.8 Å². The molecule has 0 bridgehead atoms. The van der Waals surface area contributed by atoms with Crippen LogP contribution in [0, 0.1) is 6.92 Å². The molecule has 3 nitrogen and oxygen atoms in total. The van der Waals surface area contributed by atoms with E-state index in [-0.39, 0.29) is 0 Å². The average molecular weight is 245 g/mol. The Hall–Kier alpha value is -1.61. The minimum absolute atomic E-state index is 0.364. The molecule has 1 heterocycles. The zero-order valence-electron chi connectivity index (χ0n) is 10.9. The summed E-state index contributed by atoms with van der Waals surface area (Å²) in [5.74, 6) is -0.862. The molecule has 0 saturated heterocycles. The molecule has 0 spiro atoms. The van der Waals surface area contributed by atoms with Gasteiger partial charge in [-0.3, -0.25) is 4.90 Å². The molecule has 0 saturated carbocycles. The highest BCUT2D eigenvalue weighted by atomic mass is 16.4. The molecule has 0 aromatic heterocycles. The molecule has 1 aliphatic heterocycles. The van der Waals surface area contributed by atoms with Crippen LogP contribution >= 0.6 is 0 Å². The topological polar surface area (TPSA) is 40.5 Å². The highest BCUT2D eigenvalue weighted by Gasteiger charge is 2.14. The normalized spacial score (nSPS) is 16.4. The van der Waals surface area contributed by atoms with E-state index in [0.29, 0.717) is 5.56 Å². The number of aromatic carboxylic acids is 1. The van der Waals surface area contributed by atoms with Crippen molar-refractivity contribution in [1.82, 2.24) is 4.90 Å². The summed E-state index contributed by atoms with van der Waals surface area (Å²) in [5, 5.41) is 8.96. The third kappa shape index (κ3) is 2.62. The molecule has 0 unspecified atom stereocenters. The Morgan fingerprint density at radius 1 is 1.44 bits per heavy atom. The second kappa shape index (κ2) is 5.36. The molecule has 0 fully saturated rings. The molecule has 0 aliphatic carbocycles. The smallest absolute Gasteiger partial charge is 0.335 e. The molecule has 1 aromatic carbocycles. The molecular formula is C15H19NO2. The first kappa shape index (κ1) is 12.8. The maximum absolute atomic E-state index is 10.9. The minimum Gasteiger partial charge on any atom is -0.478 e. The second-order valence-corrected chi connectivity index (χ2v) is 4.71. The molecule has 2 rings (SSSR count). The van der Waals surface area contributed by atoms with Crippen molar-refractivity contribution < 1.29 is 9.90 Å². The van der Waals surface area contributed by atoms with Crippen molar-refractivity contribution in [3.8, 4) is 0 Å². The van der Waals surface area contributed by atoms with Crippen molar-refractivity contribution in [2.24, 2.45) is 0 Å². The average Bonchev–Trinajstić information content (AvgIpc) is 2.38. The summed E-state index contributed by atoms with van der Waals surface area (Å²) in [6.45, 7) is 7.32. The van der Waals surface area contributed by atoms with Gasteiger partial charge in [-0.2, -0.15) is 0 Å². The van der Waals surface area contributed by atoms with E-state index in [9.17, 15) is 4.79 Å². The van der Waals surface area contributed by atoms with Crippen molar-refractivity contribution in [2.75, 3.05) is 19.6 Å². The lowest BCUT2D eigenvalue weighted by atomic mass is 9.94. The summed E-state index contributed by atoms with van der Waals surface area (Å²) in [6.07, 6.45) is 3.30.